The quantitative estimate of drug-likeness (QED) is 0.720. The molecule has 4 rings (SSSR count). The van der Waals surface area contributed by atoms with Gasteiger partial charge in [-0.2, -0.15) is 18.3 Å². The number of amides is 1. The van der Waals surface area contributed by atoms with Crippen molar-refractivity contribution in [1.29, 1.82) is 0 Å². The molecule has 1 aliphatic rings. The molecule has 3 aromatic rings. The van der Waals surface area contributed by atoms with Crippen LogP contribution < -0.4 is 5.56 Å². The van der Waals surface area contributed by atoms with Gasteiger partial charge in [-0.3, -0.25) is 9.59 Å². The third kappa shape index (κ3) is 3.35. The summed E-state index contributed by atoms with van der Waals surface area (Å²) in [6, 6.07) is 5.68. The van der Waals surface area contributed by atoms with Crippen molar-refractivity contribution >= 4 is 16.9 Å². The van der Waals surface area contributed by atoms with Crippen LogP contribution in [0.4, 0.5) is 13.2 Å². The second-order valence-corrected chi connectivity index (χ2v) is 6.59. The molecule has 1 aromatic carbocycles. The van der Waals surface area contributed by atoms with Crippen LogP contribution in [-0.2, 0) is 6.18 Å². The minimum Gasteiger partial charge on any atom is -0.335 e. The van der Waals surface area contributed by atoms with Crippen LogP contribution >= 0.6 is 0 Å². The van der Waals surface area contributed by atoms with Gasteiger partial charge in [0.15, 0.2) is 0 Å². The fourth-order valence-electron chi connectivity index (χ4n) is 3.35. The Labute approximate surface area is 156 Å². The van der Waals surface area contributed by atoms with Gasteiger partial charge < -0.3 is 4.90 Å². The molecule has 0 bridgehead atoms. The van der Waals surface area contributed by atoms with Gasteiger partial charge in [-0.25, -0.2) is 9.78 Å². The van der Waals surface area contributed by atoms with Crippen molar-refractivity contribution in [3.63, 3.8) is 0 Å². The number of aromatic amines is 1. The van der Waals surface area contributed by atoms with Crippen molar-refractivity contribution < 1.29 is 18.0 Å². The van der Waals surface area contributed by atoms with Crippen molar-refractivity contribution in [1.82, 2.24) is 30.1 Å². The number of aromatic nitrogens is 5. The number of likely N-dealkylation sites (tertiary alicyclic amines) is 1. The lowest BCUT2D eigenvalue weighted by atomic mass is 10.0. The summed E-state index contributed by atoms with van der Waals surface area (Å²) in [6.45, 7) is 0.833. The number of hydrogen-bond donors (Lipinski definition) is 1. The lowest BCUT2D eigenvalue weighted by molar-refractivity contribution is -0.137. The van der Waals surface area contributed by atoms with E-state index >= 15 is 0 Å². The SMILES string of the molecule is O=C(c1ccc(=O)[nH]n1)N1CCCC(n2nnc3cc(C(F)(F)F)ccc32)C1. The number of alkyl halides is 3. The van der Waals surface area contributed by atoms with E-state index in [2.05, 4.69) is 20.5 Å². The summed E-state index contributed by atoms with van der Waals surface area (Å²) in [7, 11) is 0. The number of H-pyrrole nitrogens is 1. The Morgan fingerprint density at radius 2 is 2.04 bits per heavy atom. The third-order valence-electron chi connectivity index (χ3n) is 4.73. The van der Waals surface area contributed by atoms with Crippen LogP contribution in [0.2, 0.25) is 0 Å². The molecule has 1 unspecified atom stereocenters. The highest BCUT2D eigenvalue weighted by Gasteiger charge is 2.32. The minimum absolute atomic E-state index is 0.124. The molecular weight excluding hydrogens is 377 g/mol. The van der Waals surface area contributed by atoms with E-state index in [0.29, 0.717) is 31.4 Å². The molecule has 2 aromatic heterocycles. The topological polar surface area (TPSA) is 96.8 Å². The zero-order valence-electron chi connectivity index (χ0n) is 14.5. The number of nitrogens with zero attached hydrogens (tertiary/aromatic N) is 5. The molecule has 0 saturated carbocycles. The van der Waals surface area contributed by atoms with Crippen LogP contribution in [0, 0.1) is 0 Å². The molecule has 1 saturated heterocycles. The Hall–Kier alpha value is -3.24. The van der Waals surface area contributed by atoms with Gasteiger partial charge in [0.25, 0.3) is 11.5 Å². The van der Waals surface area contributed by atoms with Crippen LogP contribution in [0.3, 0.4) is 0 Å². The number of rotatable bonds is 2. The van der Waals surface area contributed by atoms with Gasteiger partial charge in [0.1, 0.15) is 11.2 Å². The fourth-order valence-corrected chi connectivity index (χ4v) is 3.35. The first-order valence-corrected chi connectivity index (χ1v) is 8.60. The fraction of sp³-hybridized carbons (Fsp3) is 0.353. The Morgan fingerprint density at radius 1 is 1.21 bits per heavy atom. The summed E-state index contributed by atoms with van der Waals surface area (Å²) in [6.07, 6.45) is -3.04. The van der Waals surface area contributed by atoms with Crippen LogP contribution in [0.15, 0.2) is 35.1 Å². The highest BCUT2D eigenvalue weighted by Crippen LogP contribution is 2.32. The van der Waals surface area contributed by atoms with E-state index in [-0.39, 0.29) is 23.2 Å². The molecule has 0 aliphatic carbocycles. The Balaban J connectivity index is 1.58. The van der Waals surface area contributed by atoms with Crippen LogP contribution in [-0.4, -0.2) is 49.1 Å². The van der Waals surface area contributed by atoms with Gasteiger partial charge in [0, 0.05) is 19.2 Å². The van der Waals surface area contributed by atoms with Crippen molar-refractivity contribution in [3.8, 4) is 0 Å². The van der Waals surface area contributed by atoms with Gasteiger partial charge in [-0.1, -0.05) is 5.21 Å². The first-order valence-electron chi connectivity index (χ1n) is 8.60. The summed E-state index contributed by atoms with van der Waals surface area (Å²) in [4.78, 5) is 25.3. The largest absolute Gasteiger partial charge is 0.416 e. The molecule has 1 atom stereocenters. The van der Waals surface area contributed by atoms with Gasteiger partial charge in [0.05, 0.1) is 17.1 Å². The van der Waals surface area contributed by atoms with Crippen LogP contribution in [0.25, 0.3) is 11.0 Å². The number of carbonyl (C=O) groups excluding carboxylic acids is 1. The van der Waals surface area contributed by atoms with E-state index in [4.69, 9.17) is 0 Å². The number of hydrogen-bond acceptors (Lipinski definition) is 5. The van der Waals surface area contributed by atoms with Crippen LogP contribution in [0.5, 0.6) is 0 Å². The van der Waals surface area contributed by atoms with Gasteiger partial charge in [0.2, 0.25) is 0 Å². The maximum Gasteiger partial charge on any atom is 0.416 e. The molecule has 0 spiro atoms. The second kappa shape index (κ2) is 6.73. The minimum atomic E-state index is -4.45. The molecule has 1 amide bonds. The molecule has 1 fully saturated rings. The standard InChI is InChI=1S/C17H15F3N6O2/c18-17(19,20)10-3-5-14-13(8-10)22-24-26(14)11-2-1-7-25(9-11)16(28)12-4-6-15(27)23-21-12/h3-6,8,11H,1-2,7,9H2,(H,23,27). The number of halogens is 3. The highest BCUT2D eigenvalue weighted by atomic mass is 19.4. The van der Waals surface area contributed by atoms with Gasteiger partial charge in [-0.15, -0.1) is 5.10 Å². The molecule has 1 N–H and O–H groups in total. The monoisotopic (exact) mass is 392 g/mol. The molecule has 1 aliphatic heterocycles. The molecule has 3 heterocycles. The maximum atomic E-state index is 12.9. The van der Waals surface area contributed by atoms with E-state index in [9.17, 15) is 22.8 Å². The maximum absolute atomic E-state index is 12.9. The molecule has 0 radical (unpaired) electrons. The summed E-state index contributed by atoms with van der Waals surface area (Å²) in [5, 5.41) is 13.9. The number of fused-ring (bicyclic) bond motifs is 1. The normalized spacial score (nSPS) is 17.8. The molecule has 8 nitrogen and oxygen atoms in total. The third-order valence-corrected chi connectivity index (χ3v) is 4.73. The number of carbonyl (C=O) groups is 1. The van der Waals surface area contributed by atoms with Gasteiger partial charge in [-0.05, 0) is 37.1 Å². The number of nitrogens with one attached hydrogen (secondary N) is 1. The van der Waals surface area contributed by atoms with E-state index in [1.807, 2.05) is 0 Å². The Kier molecular flexibility index (Phi) is 4.36. The first-order chi connectivity index (χ1) is 13.3. The van der Waals surface area contributed by atoms with E-state index in [0.717, 1.165) is 12.1 Å². The van der Waals surface area contributed by atoms with E-state index in [1.165, 1.54) is 18.2 Å². The molecule has 28 heavy (non-hydrogen) atoms. The zero-order chi connectivity index (χ0) is 19.9. The lowest BCUT2D eigenvalue weighted by Gasteiger charge is -2.32. The molecule has 146 valence electrons. The van der Waals surface area contributed by atoms with Crippen molar-refractivity contribution in [2.75, 3.05) is 13.1 Å². The second-order valence-electron chi connectivity index (χ2n) is 6.59. The van der Waals surface area contributed by atoms with Crippen LogP contribution in [0.1, 0.15) is 34.9 Å². The lowest BCUT2D eigenvalue weighted by Crippen LogP contribution is -2.41. The van der Waals surface area contributed by atoms with Crippen molar-refractivity contribution in [2.45, 2.75) is 25.1 Å². The molecule has 11 heteroatoms. The van der Waals surface area contributed by atoms with Crippen molar-refractivity contribution in [2.24, 2.45) is 0 Å². The summed E-state index contributed by atoms with van der Waals surface area (Å²) >= 11 is 0. The Morgan fingerprint density at radius 3 is 2.75 bits per heavy atom. The summed E-state index contributed by atoms with van der Waals surface area (Å²) in [5.74, 6) is -0.329. The van der Waals surface area contributed by atoms with Crippen molar-refractivity contribution in [3.05, 3.63) is 51.9 Å². The van der Waals surface area contributed by atoms with Gasteiger partial charge >= 0.3 is 6.18 Å². The smallest absolute Gasteiger partial charge is 0.335 e. The number of benzene rings is 1. The van der Waals surface area contributed by atoms with E-state index in [1.54, 1.807) is 9.58 Å². The number of piperidine rings is 1. The highest BCUT2D eigenvalue weighted by molar-refractivity contribution is 5.92. The Bertz CT molecular complexity index is 1070. The predicted octanol–water partition coefficient (Wildman–Crippen LogP) is 2.01. The molecular formula is C17H15F3N6O2. The zero-order valence-corrected chi connectivity index (χ0v) is 14.5. The average molecular weight is 392 g/mol. The average Bonchev–Trinajstić information content (AvgIpc) is 3.11. The first kappa shape index (κ1) is 18.1. The summed E-state index contributed by atoms with van der Waals surface area (Å²) < 4.78 is 40.2. The van der Waals surface area contributed by atoms with E-state index < -0.39 is 17.3 Å². The predicted molar refractivity (Wildman–Crippen MR) is 91.6 cm³/mol. The summed E-state index contributed by atoms with van der Waals surface area (Å²) in [5.41, 5.74) is -0.425.